The van der Waals surface area contributed by atoms with E-state index in [1.54, 1.807) is 12.1 Å². The van der Waals surface area contributed by atoms with Crippen molar-refractivity contribution in [1.82, 2.24) is 15.0 Å². The molecule has 0 saturated heterocycles. The van der Waals surface area contributed by atoms with Crippen LogP contribution in [-0.4, -0.2) is 15.0 Å². The predicted molar refractivity (Wildman–Crippen MR) is 204 cm³/mol. The van der Waals surface area contributed by atoms with Gasteiger partial charge in [-0.25, -0.2) is 15.0 Å². The van der Waals surface area contributed by atoms with Crippen LogP contribution in [0.25, 0.3) is 89.5 Å². The van der Waals surface area contributed by atoms with Gasteiger partial charge in [0.25, 0.3) is 0 Å². The summed E-state index contributed by atoms with van der Waals surface area (Å²) in [6.45, 7) is 1.48. The van der Waals surface area contributed by atoms with Gasteiger partial charge in [-0.15, -0.1) is 0 Å². The molecule has 236 valence electrons. The minimum Gasteiger partial charge on any atom is -0.455 e. The van der Waals surface area contributed by atoms with Crippen LogP contribution in [0.15, 0.2) is 174 Å². The van der Waals surface area contributed by atoms with Crippen LogP contribution >= 0.6 is 0 Å². The summed E-state index contributed by atoms with van der Waals surface area (Å²) in [7, 11) is 0. The average molecular weight is 650 g/mol. The summed E-state index contributed by atoms with van der Waals surface area (Å²) in [5, 5.41) is 1.31. The summed E-state index contributed by atoms with van der Waals surface area (Å²) in [5.41, 5.74) is 5.20. The summed E-state index contributed by atoms with van der Waals surface area (Å²) in [5.74, 6) is 1.36. The van der Waals surface area contributed by atoms with E-state index in [9.17, 15) is 1.37 Å². The smallest absolute Gasteiger partial charge is 0.164 e. The number of nitrogens with zero attached hydrogens (tertiary/aromatic N) is 3. The predicted octanol–water partition coefficient (Wildman–Crippen LogP) is 12.1. The van der Waals surface area contributed by atoms with Gasteiger partial charge in [-0.1, -0.05) is 163 Å². The van der Waals surface area contributed by atoms with Crippen LogP contribution in [0.3, 0.4) is 0 Å². The molecule has 50 heavy (non-hydrogen) atoms. The maximum absolute atomic E-state index is 9.38. The summed E-state index contributed by atoms with van der Waals surface area (Å²) in [4.78, 5) is 14.9. The molecule has 2 aromatic heterocycles. The lowest BCUT2D eigenvalue weighted by molar-refractivity contribution is 0.670. The van der Waals surface area contributed by atoms with E-state index in [1.807, 2.05) is 97.1 Å². The molecule has 0 saturated carbocycles. The molecule has 9 aromatic rings. The Morgan fingerprint density at radius 3 is 1.78 bits per heavy atom. The first-order chi connectivity index (χ1) is 28.0. The molecule has 4 nitrogen and oxygen atoms in total. The van der Waals surface area contributed by atoms with Crippen LogP contribution in [-0.2, 0) is 0 Å². The van der Waals surface area contributed by atoms with Crippen LogP contribution in [0.4, 0.5) is 0 Å². The lowest BCUT2D eigenvalue weighted by Gasteiger charge is -2.10. The van der Waals surface area contributed by atoms with Crippen molar-refractivity contribution >= 4 is 21.9 Å². The molecule has 0 amide bonds. The summed E-state index contributed by atoms with van der Waals surface area (Å²) in [6.07, 6.45) is 0. The number of hydrogen-bond donors (Lipinski definition) is 0. The summed E-state index contributed by atoms with van der Waals surface area (Å²) >= 11 is 0. The molecule has 0 fully saturated rings. The number of fused-ring (bicyclic) bond motifs is 3. The number of para-hydroxylation sites is 1. The molecule has 2 heterocycles. The summed E-state index contributed by atoms with van der Waals surface area (Å²) < 4.78 is 76.5. The van der Waals surface area contributed by atoms with E-state index in [4.69, 9.17) is 29.0 Å². The lowest BCUT2D eigenvalue weighted by Crippen LogP contribution is -2.00. The van der Waals surface area contributed by atoms with E-state index >= 15 is 0 Å². The molecule has 0 N–H and O–H groups in total. The summed E-state index contributed by atoms with van der Waals surface area (Å²) in [6, 6.07) is 35.4. The van der Waals surface area contributed by atoms with Gasteiger partial charge in [-0.05, 0) is 46.8 Å². The van der Waals surface area contributed by atoms with Gasteiger partial charge in [0.05, 0.1) is 11.0 Å². The van der Waals surface area contributed by atoms with Gasteiger partial charge in [0.15, 0.2) is 17.5 Å². The number of aromatic nitrogens is 3. The Morgan fingerprint density at radius 2 is 1.02 bits per heavy atom. The second-order valence-corrected chi connectivity index (χ2v) is 11.8. The topological polar surface area (TPSA) is 51.8 Å². The molecule has 0 aliphatic carbocycles. The van der Waals surface area contributed by atoms with E-state index in [1.165, 1.54) is 6.92 Å². The van der Waals surface area contributed by atoms with Crippen molar-refractivity contribution in [3.8, 4) is 67.5 Å². The molecule has 0 unspecified atom stereocenters. The molecule has 0 radical (unpaired) electrons. The van der Waals surface area contributed by atoms with Crippen LogP contribution in [0.1, 0.15) is 16.5 Å². The van der Waals surface area contributed by atoms with Crippen LogP contribution in [0, 0.1) is 6.92 Å². The molecule has 0 bridgehead atoms. The number of hydrogen-bond acceptors (Lipinski definition) is 4. The second-order valence-electron chi connectivity index (χ2n) is 11.8. The average Bonchev–Trinajstić information content (AvgIpc) is 3.66. The van der Waals surface area contributed by atoms with Crippen molar-refractivity contribution in [1.29, 1.82) is 0 Å². The molecule has 0 atom stereocenters. The molecule has 0 aliphatic rings. The van der Waals surface area contributed by atoms with Crippen molar-refractivity contribution in [3.63, 3.8) is 0 Å². The fraction of sp³-hybridized carbons (Fsp3) is 0.0217. The first-order valence-electron chi connectivity index (χ1n) is 20.1. The zero-order chi connectivity index (χ0) is 40.4. The highest BCUT2D eigenvalue weighted by Gasteiger charge is 2.19. The van der Waals surface area contributed by atoms with Crippen LogP contribution in [0.5, 0.6) is 0 Å². The van der Waals surface area contributed by atoms with Gasteiger partial charge in [0.1, 0.15) is 11.2 Å². The lowest BCUT2D eigenvalue weighted by atomic mass is 9.96. The van der Waals surface area contributed by atoms with E-state index in [-0.39, 0.29) is 40.4 Å². The van der Waals surface area contributed by atoms with Crippen molar-refractivity contribution in [2.45, 2.75) is 6.92 Å². The SMILES string of the molecule is [2H]c1c([2H])c(C)c([2H])c(-c2c([2H])c([2H])c([2H])c(-c3cccc4c3oc3cccc(-c5nc(-c6ccccc6)nc(-c6ccc(-c7ccccc7)cc6)n5)c34)c2[2H])c1[2H]. The Balaban J connectivity index is 1.25. The highest BCUT2D eigenvalue weighted by molar-refractivity contribution is 6.15. The Morgan fingerprint density at radius 1 is 0.460 bits per heavy atom. The standard InChI is InChI=1S/C46H31N3O/c1-30-12-8-17-35(28-30)36-18-9-19-37(29-36)38-20-10-21-39-42-40(22-11-23-41(42)50-43(38)39)46-48-44(33-15-6-3-7-16-33)47-45(49-46)34-26-24-32(25-27-34)31-13-4-2-5-14-31/h2-29H,1H3/i8D,9D,12D,17D,18D,19D,28D,29D. The van der Waals surface area contributed by atoms with E-state index in [0.29, 0.717) is 50.5 Å². The van der Waals surface area contributed by atoms with Gasteiger partial charge >= 0.3 is 0 Å². The third-order valence-electron chi connectivity index (χ3n) is 8.58. The zero-order valence-electron chi connectivity index (χ0n) is 34.8. The van der Waals surface area contributed by atoms with Crippen molar-refractivity contribution in [2.75, 3.05) is 0 Å². The number of rotatable bonds is 6. The van der Waals surface area contributed by atoms with Gasteiger partial charge in [0.2, 0.25) is 0 Å². The van der Waals surface area contributed by atoms with Gasteiger partial charge < -0.3 is 4.42 Å². The Kier molecular flexibility index (Phi) is 5.48. The van der Waals surface area contributed by atoms with Crippen LogP contribution < -0.4 is 0 Å². The molecular weight excluding hydrogens is 611 g/mol. The largest absolute Gasteiger partial charge is 0.455 e. The molecule has 4 heteroatoms. The fourth-order valence-electron chi connectivity index (χ4n) is 6.18. The Labute approximate surface area is 301 Å². The number of furan rings is 1. The van der Waals surface area contributed by atoms with Crippen LogP contribution in [0.2, 0.25) is 0 Å². The van der Waals surface area contributed by atoms with E-state index in [2.05, 4.69) is 12.1 Å². The highest BCUT2D eigenvalue weighted by Crippen LogP contribution is 2.41. The highest BCUT2D eigenvalue weighted by atomic mass is 16.3. The molecule has 0 spiro atoms. The minimum atomic E-state index is -0.508. The van der Waals surface area contributed by atoms with E-state index < -0.39 is 30.2 Å². The van der Waals surface area contributed by atoms with Gasteiger partial charge in [-0.3, -0.25) is 0 Å². The van der Waals surface area contributed by atoms with E-state index in [0.717, 1.165) is 22.3 Å². The van der Waals surface area contributed by atoms with Crippen molar-refractivity contribution in [3.05, 3.63) is 175 Å². The fourth-order valence-corrected chi connectivity index (χ4v) is 6.18. The molecule has 7 aromatic carbocycles. The van der Waals surface area contributed by atoms with Gasteiger partial charge in [0, 0.05) is 33.0 Å². The Hall–Kier alpha value is -6.65. The quantitative estimate of drug-likeness (QED) is 0.180. The van der Waals surface area contributed by atoms with Crippen molar-refractivity contribution in [2.24, 2.45) is 0 Å². The normalized spacial score (nSPS) is 13.5. The molecule has 9 rings (SSSR count). The van der Waals surface area contributed by atoms with Gasteiger partial charge in [-0.2, -0.15) is 0 Å². The third-order valence-corrected chi connectivity index (χ3v) is 8.58. The maximum atomic E-state index is 9.38. The first-order valence-corrected chi connectivity index (χ1v) is 16.1. The molecular formula is C46H31N3O. The Bertz CT molecular complexity index is 3070. The second kappa shape index (κ2) is 12.4. The first kappa shape index (κ1) is 22.1. The molecule has 0 aliphatic heterocycles. The maximum Gasteiger partial charge on any atom is 0.164 e. The minimum absolute atomic E-state index is 0.0205. The number of benzene rings is 7. The van der Waals surface area contributed by atoms with Crippen molar-refractivity contribution < 1.29 is 15.4 Å². The third kappa shape index (κ3) is 5.43. The monoisotopic (exact) mass is 649 g/mol. The zero-order valence-corrected chi connectivity index (χ0v) is 26.8.